The number of para-hydroxylation sites is 2. The average Bonchev–Trinajstić information content (AvgIpc) is 0.984. The lowest BCUT2D eigenvalue weighted by Crippen LogP contribution is -2.61. The molecule has 2 aromatic heterocycles. The maximum atomic E-state index is 9.88. The van der Waals surface area contributed by atoms with E-state index in [1.165, 1.54) is 0 Å². The number of rotatable bonds is 10. The van der Waals surface area contributed by atoms with E-state index in [1.54, 1.807) is 4.57 Å². The predicted octanol–water partition coefficient (Wildman–Crippen LogP) is 23.9. The zero-order chi connectivity index (χ0) is 87.2. The molecule has 15 aromatic rings. The SMILES string of the molecule is [2H]c1c([2H])c([2H])c(-c2nc(-c3cc(C(C)(C)C)cc(-c4ccccc4)c3N3c4cc(-c5cccc(C(C)(C)C)c5)ccc4B4c5ccc(-n6c7c([2H])c([2H])c([2H])c([2H])c7c7c([2H])c([2H])c([2H])c([2H])c76)cc5N(c5c(-c6ccccc6)cc(C(C)(C)C)cc5-c5ccccc5)c5cc(C(C)(C)C)cc3c54)nc(-c3c([2H])c([2H])c([2H])c([2H])c3[2H])n2)c([2H])c1[2H]. The van der Waals surface area contributed by atoms with Crippen molar-refractivity contribution in [1.82, 2.24) is 19.5 Å². The second kappa shape index (κ2) is 25.1. The van der Waals surface area contributed by atoms with Gasteiger partial charge >= 0.3 is 0 Å². The maximum absolute atomic E-state index is 9.88. The molecular weight excluding hydrogens is 1260 g/mol. The molecule has 7 heteroatoms. The molecule has 4 heterocycles. The van der Waals surface area contributed by atoms with Crippen molar-refractivity contribution in [1.29, 1.82) is 0 Å². The lowest BCUT2D eigenvalue weighted by molar-refractivity contribution is 0.590. The van der Waals surface area contributed by atoms with Crippen LogP contribution in [0.4, 0.5) is 34.1 Å². The van der Waals surface area contributed by atoms with Crippen molar-refractivity contribution in [2.75, 3.05) is 9.80 Å². The first-order valence-electron chi connectivity index (χ1n) is 44.2. The van der Waals surface area contributed by atoms with E-state index in [9.17, 15) is 13.7 Å². The van der Waals surface area contributed by atoms with Gasteiger partial charge in [0.15, 0.2) is 17.5 Å². The van der Waals surface area contributed by atoms with Gasteiger partial charge in [-0.05, 0) is 155 Å². The molecule has 17 rings (SSSR count). The van der Waals surface area contributed by atoms with Crippen LogP contribution in [0.25, 0.3) is 106 Å². The van der Waals surface area contributed by atoms with Gasteiger partial charge < -0.3 is 14.4 Å². The van der Waals surface area contributed by atoms with Crippen LogP contribution in [0.15, 0.2) is 297 Å². The van der Waals surface area contributed by atoms with Crippen molar-refractivity contribution in [2.24, 2.45) is 0 Å². The lowest BCUT2D eigenvalue weighted by Gasteiger charge is -2.46. The Morgan fingerprint density at radius 1 is 0.298 bits per heavy atom. The Balaban J connectivity index is 1.10. The van der Waals surface area contributed by atoms with Gasteiger partial charge in [-0.15, -0.1) is 0 Å². The van der Waals surface area contributed by atoms with Gasteiger partial charge in [0, 0.05) is 72.6 Å². The molecule has 6 nitrogen and oxygen atoms in total. The highest BCUT2D eigenvalue weighted by molar-refractivity contribution is 7.00. The van der Waals surface area contributed by atoms with E-state index in [0.29, 0.717) is 45.3 Å². The van der Waals surface area contributed by atoms with Crippen molar-refractivity contribution >= 4 is 79.0 Å². The summed E-state index contributed by atoms with van der Waals surface area (Å²) in [6, 6.07) is 53.3. The monoisotopic (exact) mass is 1360 g/mol. The predicted molar refractivity (Wildman–Crippen MR) is 441 cm³/mol. The van der Waals surface area contributed by atoms with E-state index < -0.39 is 154 Å². The Kier molecular flexibility index (Phi) is 11.6. The third kappa shape index (κ3) is 11.5. The molecule has 104 heavy (non-hydrogen) atoms. The normalized spacial score (nSPS) is 15.4. The molecule has 0 radical (unpaired) electrons. The largest absolute Gasteiger partial charge is 0.310 e. The Morgan fingerprint density at radius 3 is 1.15 bits per heavy atom. The van der Waals surface area contributed by atoms with Crippen molar-refractivity contribution in [3.63, 3.8) is 0 Å². The standard InChI is InChI=1S/C97H85BN6/c1-94(2,3)69-44-32-43-67(53-69)68-49-51-80-84(54-68)103(90-78(64-37-22-15-23-38-64)57-71(96(7,8)9)58-79(90)93-100-91(65-39-24-16-25-40-65)99-92(101-93)66-41-26-17-27-42-66)86-59-72(97(10,11)12)60-87-88(86)98(80)81-52-50-73(102-82-47-30-28-45-74(82)75-46-29-31-48-83(75)102)61-85(81)104(87)89-76(62-33-18-13-19-34-62)55-70(95(4,5)6)56-77(89)63-35-20-14-21-36-63/h13-61H,1-12H3/i16D,17D,24D,25D,26D,27D,28D,29D,30D,31D,39D,40D,41D,42D,45D,46D,47D,48D. The van der Waals surface area contributed by atoms with Gasteiger partial charge in [0.25, 0.3) is 6.71 Å². The summed E-state index contributed by atoms with van der Waals surface area (Å²) in [5, 5.41) is -0.147. The number of hydrogen-bond acceptors (Lipinski definition) is 5. The fraction of sp³-hybridized carbons (Fsp3) is 0.165. The zero-order valence-electron chi connectivity index (χ0n) is 78.2. The molecule has 2 aliphatic heterocycles. The maximum Gasteiger partial charge on any atom is 0.252 e. The second-order valence-corrected chi connectivity index (χ2v) is 31.2. The van der Waals surface area contributed by atoms with Gasteiger partial charge in [-0.1, -0.05) is 313 Å². The summed E-state index contributed by atoms with van der Waals surface area (Å²) in [4.78, 5) is 20.1. The van der Waals surface area contributed by atoms with Gasteiger partial charge in [-0.25, -0.2) is 15.0 Å². The van der Waals surface area contributed by atoms with Gasteiger partial charge in [0.2, 0.25) is 0 Å². The molecule has 13 aromatic carbocycles. The van der Waals surface area contributed by atoms with Crippen molar-refractivity contribution in [2.45, 2.75) is 105 Å². The minimum Gasteiger partial charge on any atom is -0.310 e. The number of benzene rings is 13. The number of aromatic nitrogens is 4. The van der Waals surface area contributed by atoms with Crippen LogP contribution < -0.4 is 26.2 Å². The summed E-state index contributed by atoms with van der Waals surface area (Å²) in [7, 11) is 0. The molecule has 0 atom stereocenters. The highest BCUT2D eigenvalue weighted by Gasteiger charge is 2.47. The topological polar surface area (TPSA) is 50.1 Å². The fourth-order valence-corrected chi connectivity index (χ4v) is 14.8. The second-order valence-electron chi connectivity index (χ2n) is 31.2. The van der Waals surface area contributed by atoms with Crippen LogP contribution in [0, 0.1) is 0 Å². The molecule has 0 aliphatic carbocycles. The lowest BCUT2D eigenvalue weighted by atomic mass is 9.33. The number of anilines is 6. The van der Waals surface area contributed by atoms with Crippen LogP contribution in [0.2, 0.25) is 0 Å². The first-order chi connectivity index (χ1) is 57.6. The molecule has 0 amide bonds. The number of nitrogens with zero attached hydrogens (tertiary/aromatic N) is 6. The summed E-state index contributed by atoms with van der Waals surface area (Å²) in [5.74, 6) is -1.04. The third-order valence-electron chi connectivity index (χ3n) is 20.3. The van der Waals surface area contributed by atoms with Crippen LogP contribution in [-0.4, -0.2) is 26.2 Å². The third-order valence-corrected chi connectivity index (χ3v) is 20.3. The molecule has 0 unspecified atom stereocenters. The summed E-state index contributed by atoms with van der Waals surface area (Å²) < 4.78 is 170. The highest BCUT2D eigenvalue weighted by Crippen LogP contribution is 2.56. The minimum atomic E-state index is -0.737. The van der Waals surface area contributed by atoms with E-state index in [1.807, 2.05) is 91.0 Å². The molecular formula is C97H85BN6. The summed E-state index contributed by atoms with van der Waals surface area (Å²) in [5.41, 5.74) is 13.9. The molecule has 0 saturated carbocycles. The summed E-state index contributed by atoms with van der Waals surface area (Å²) in [6.45, 7) is 25.0. The molecule has 0 fully saturated rings. The molecule has 0 N–H and O–H groups in total. The van der Waals surface area contributed by atoms with E-state index in [4.69, 9.17) is 25.9 Å². The number of hydrogen-bond donors (Lipinski definition) is 0. The molecule has 0 spiro atoms. The Labute approximate surface area is 638 Å². The zero-order valence-corrected chi connectivity index (χ0v) is 60.2. The Hall–Kier alpha value is -11.7. The fourth-order valence-electron chi connectivity index (χ4n) is 14.8. The first kappa shape index (κ1) is 48.3. The molecule has 2 aliphatic rings. The average molecular weight is 1360 g/mol. The summed E-state index contributed by atoms with van der Waals surface area (Å²) >= 11 is 0. The minimum absolute atomic E-state index is 0.0502. The first-order valence-corrected chi connectivity index (χ1v) is 35.2. The van der Waals surface area contributed by atoms with Gasteiger partial charge in [-0.3, -0.25) is 0 Å². The van der Waals surface area contributed by atoms with E-state index in [0.717, 1.165) is 83.3 Å². The van der Waals surface area contributed by atoms with Gasteiger partial charge in [0.1, 0.15) is 0 Å². The van der Waals surface area contributed by atoms with Gasteiger partial charge in [-0.2, -0.15) is 0 Å². The van der Waals surface area contributed by atoms with Crippen LogP contribution in [0.3, 0.4) is 0 Å². The molecule has 506 valence electrons. The summed E-state index contributed by atoms with van der Waals surface area (Å²) in [6.07, 6.45) is 0. The van der Waals surface area contributed by atoms with Crippen molar-refractivity contribution in [3.8, 4) is 84.4 Å². The van der Waals surface area contributed by atoms with Crippen LogP contribution in [0.5, 0.6) is 0 Å². The van der Waals surface area contributed by atoms with Crippen molar-refractivity contribution < 1.29 is 24.7 Å². The van der Waals surface area contributed by atoms with Crippen molar-refractivity contribution in [3.05, 3.63) is 319 Å². The van der Waals surface area contributed by atoms with Gasteiger partial charge in [0.05, 0.1) is 47.1 Å². The Morgan fingerprint density at radius 2 is 0.683 bits per heavy atom. The van der Waals surface area contributed by atoms with Crippen LogP contribution >= 0.6 is 0 Å². The van der Waals surface area contributed by atoms with Crippen LogP contribution in [0.1, 0.15) is 130 Å². The smallest absolute Gasteiger partial charge is 0.252 e. The van der Waals surface area contributed by atoms with E-state index in [-0.39, 0.29) is 33.0 Å². The van der Waals surface area contributed by atoms with E-state index in [2.05, 4.69) is 190 Å². The quantitative estimate of drug-likeness (QED) is 0.128. The molecule has 0 saturated heterocycles. The number of fused-ring (bicyclic) bond motifs is 7. The Bertz CT molecular complexity index is 6700. The highest BCUT2D eigenvalue weighted by atomic mass is 15.2. The van der Waals surface area contributed by atoms with Crippen LogP contribution in [-0.2, 0) is 21.7 Å². The van der Waals surface area contributed by atoms with E-state index >= 15 is 0 Å². The molecule has 0 bridgehead atoms.